The van der Waals surface area contributed by atoms with Gasteiger partial charge in [0, 0.05) is 5.69 Å². The van der Waals surface area contributed by atoms with E-state index in [-0.39, 0.29) is 11.6 Å². The summed E-state index contributed by atoms with van der Waals surface area (Å²) in [5, 5.41) is 6.43. The van der Waals surface area contributed by atoms with Crippen LogP contribution in [0.15, 0.2) is 36.5 Å². The Morgan fingerprint density at radius 2 is 1.79 bits per heavy atom. The molecule has 5 nitrogen and oxygen atoms in total. The van der Waals surface area contributed by atoms with Gasteiger partial charge in [0.1, 0.15) is 5.69 Å². The molecule has 1 aromatic carbocycles. The summed E-state index contributed by atoms with van der Waals surface area (Å²) in [5.74, 6) is -0.261. The smallest absolute Gasteiger partial charge is 0.324 e. The number of alkyl halides is 3. The van der Waals surface area contributed by atoms with Crippen molar-refractivity contribution in [1.82, 2.24) is 9.78 Å². The highest BCUT2D eigenvalue weighted by molar-refractivity contribution is 5.98. The van der Waals surface area contributed by atoms with Crippen LogP contribution in [-0.4, -0.2) is 21.2 Å². The van der Waals surface area contributed by atoms with Gasteiger partial charge in [-0.15, -0.1) is 0 Å². The van der Waals surface area contributed by atoms with Crippen molar-refractivity contribution in [3.63, 3.8) is 0 Å². The van der Waals surface area contributed by atoms with E-state index in [2.05, 4.69) is 10.4 Å². The maximum Gasteiger partial charge on any atom is 0.433 e. The summed E-state index contributed by atoms with van der Waals surface area (Å²) >= 11 is 0. The molecule has 1 aliphatic rings. The standard InChI is InChI=1S/C16H17F3N4O/c17-16(18,19)13-7-10-21-23(13)12-5-3-11(4-6-12)22-14(24)15(20)8-1-2-9-15/h3-7,10H,1-2,8-9,20H2,(H,22,24). The lowest BCUT2D eigenvalue weighted by Crippen LogP contribution is -2.48. The predicted molar refractivity (Wildman–Crippen MR) is 82.6 cm³/mol. The minimum absolute atomic E-state index is 0.258. The van der Waals surface area contributed by atoms with Crippen LogP contribution in [0.25, 0.3) is 5.69 Å². The molecular weight excluding hydrogens is 321 g/mol. The second-order valence-corrected chi connectivity index (χ2v) is 5.99. The van der Waals surface area contributed by atoms with E-state index in [0.29, 0.717) is 18.5 Å². The number of carbonyl (C=O) groups is 1. The summed E-state index contributed by atoms with van der Waals surface area (Å²) in [6.07, 6.45) is -0.280. The third kappa shape index (κ3) is 3.14. The lowest BCUT2D eigenvalue weighted by Gasteiger charge is -2.22. The van der Waals surface area contributed by atoms with Crippen LogP contribution in [0.3, 0.4) is 0 Å². The Morgan fingerprint density at radius 1 is 1.17 bits per heavy atom. The first-order chi connectivity index (χ1) is 11.3. The highest BCUT2D eigenvalue weighted by atomic mass is 19.4. The second kappa shape index (κ2) is 5.94. The third-order valence-electron chi connectivity index (χ3n) is 4.25. The Labute approximate surface area is 136 Å². The van der Waals surface area contributed by atoms with Crippen LogP contribution in [-0.2, 0) is 11.0 Å². The number of anilines is 1. The van der Waals surface area contributed by atoms with Gasteiger partial charge in [0.15, 0.2) is 0 Å². The number of carbonyl (C=O) groups excluding carboxylic acids is 1. The number of nitrogens with one attached hydrogen (secondary N) is 1. The second-order valence-electron chi connectivity index (χ2n) is 5.99. The number of hydrogen-bond acceptors (Lipinski definition) is 3. The van der Waals surface area contributed by atoms with Gasteiger partial charge in [0.05, 0.1) is 17.4 Å². The van der Waals surface area contributed by atoms with Crippen LogP contribution in [0.5, 0.6) is 0 Å². The van der Waals surface area contributed by atoms with Crippen molar-refractivity contribution in [1.29, 1.82) is 0 Å². The molecule has 0 radical (unpaired) electrons. The Morgan fingerprint density at radius 3 is 2.38 bits per heavy atom. The van der Waals surface area contributed by atoms with Crippen molar-refractivity contribution in [2.24, 2.45) is 5.73 Å². The highest BCUT2D eigenvalue weighted by Crippen LogP contribution is 2.31. The average Bonchev–Trinajstić information content (AvgIpc) is 3.17. The molecule has 1 saturated carbocycles. The molecule has 0 aliphatic heterocycles. The fourth-order valence-corrected chi connectivity index (χ4v) is 2.90. The van der Waals surface area contributed by atoms with E-state index < -0.39 is 17.4 Å². The van der Waals surface area contributed by atoms with Crippen LogP contribution >= 0.6 is 0 Å². The quantitative estimate of drug-likeness (QED) is 0.903. The summed E-state index contributed by atoms with van der Waals surface area (Å²) in [6, 6.07) is 6.92. The molecule has 3 rings (SSSR count). The van der Waals surface area contributed by atoms with Gasteiger partial charge in [0.2, 0.25) is 5.91 Å². The van der Waals surface area contributed by atoms with Crippen molar-refractivity contribution in [3.8, 4) is 5.69 Å². The summed E-state index contributed by atoms with van der Waals surface area (Å²) in [4.78, 5) is 12.2. The normalized spacial score (nSPS) is 17.0. The Kier molecular flexibility index (Phi) is 4.08. The molecule has 1 heterocycles. The number of halogens is 3. The highest BCUT2D eigenvalue weighted by Gasteiger charge is 2.37. The maximum atomic E-state index is 12.9. The first-order valence-corrected chi connectivity index (χ1v) is 7.62. The van der Waals surface area contributed by atoms with Gasteiger partial charge in [-0.1, -0.05) is 12.8 Å². The minimum atomic E-state index is -4.49. The van der Waals surface area contributed by atoms with Crippen molar-refractivity contribution < 1.29 is 18.0 Å². The zero-order chi connectivity index (χ0) is 17.4. The van der Waals surface area contributed by atoms with Crippen LogP contribution in [0, 0.1) is 0 Å². The molecule has 3 N–H and O–H groups in total. The summed E-state index contributed by atoms with van der Waals surface area (Å²) in [5.41, 5.74) is 5.11. The number of hydrogen-bond donors (Lipinski definition) is 2. The van der Waals surface area contributed by atoms with E-state index in [1.807, 2.05) is 0 Å². The number of nitrogens with two attached hydrogens (primary N) is 1. The summed E-state index contributed by atoms with van der Waals surface area (Å²) in [6.45, 7) is 0. The Bertz CT molecular complexity index is 731. The van der Waals surface area contributed by atoms with E-state index in [9.17, 15) is 18.0 Å². The molecule has 0 unspecified atom stereocenters. The van der Waals surface area contributed by atoms with E-state index in [1.54, 1.807) is 0 Å². The number of aromatic nitrogens is 2. The van der Waals surface area contributed by atoms with Gasteiger partial charge < -0.3 is 11.1 Å². The summed E-state index contributed by atoms with van der Waals surface area (Å²) in [7, 11) is 0. The molecule has 0 bridgehead atoms. The molecule has 1 fully saturated rings. The van der Waals surface area contributed by atoms with Gasteiger partial charge in [0.25, 0.3) is 0 Å². The number of rotatable bonds is 3. The molecular formula is C16H17F3N4O. The maximum absolute atomic E-state index is 12.9. The topological polar surface area (TPSA) is 72.9 Å². The minimum Gasteiger partial charge on any atom is -0.324 e. The number of benzene rings is 1. The van der Waals surface area contributed by atoms with Crippen molar-refractivity contribution in [2.45, 2.75) is 37.4 Å². The van der Waals surface area contributed by atoms with Crippen LogP contribution in [0.4, 0.5) is 18.9 Å². The van der Waals surface area contributed by atoms with E-state index in [4.69, 9.17) is 5.73 Å². The lowest BCUT2D eigenvalue weighted by molar-refractivity contribution is -0.142. The molecule has 1 aliphatic carbocycles. The monoisotopic (exact) mass is 338 g/mol. The van der Waals surface area contributed by atoms with Gasteiger partial charge in [-0.2, -0.15) is 18.3 Å². The predicted octanol–water partition coefficient (Wildman–Crippen LogP) is 3.10. The van der Waals surface area contributed by atoms with E-state index >= 15 is 0 Å². The molecule has 24 heavy (non-hydrogen) atoms. The third-order valence-corrected chi connectivity index (χ3v) is 4.25. The van der Waals surface area contributed by atoms with Gasteiger partial charge in [-0.05, 0) is 43.2 Å². The van der Waals surface area contributed by atoms with Gasteiger partial charge in [-0.3, -0.25) is 4.79 Å². The molecule has 8 heteroatoms. The van der Waals surface area contributed by atoms with E-state index in [1.165, 1.54) is 24.3 Å². The SMILES string of the molecule is NC1(C(=O)Nc2ccc(-n3nccc3C(F)(F)F)cc2)CCCC1. The molecule has 128 valence electrons. The Hall–Kier alpha value is -2.35. The van der Waals surface area contributed by atoms with Crippen molar-refractivity contribution >= 4 is 11.6 Å². The molecule has 1 amide bonds. The van der Waals surface area contributed by atoms with Crippen LogP contribution in [0.1, 0.15) is 31.4 Å². The number of amides is 1. The molecule has 1 aromatic heterocycles. The van der Waals surface area contributed by atoms with Crippen molar-refractivity contribution in [2.75, 3.05) is 5.32 Å². The fraction of sp³-hybridized carbons (Fsp3) is 0.375. The Balaban J connectivity index is 1.77. The zero-order valence-electron chi connectivity index (χ0n) is 12.8. The van der Waals surface area contributed by atoms with Gasteiger partial charge in [-0.25, -0.2) is 4.68 Å². The van der Waals surface area contributed by atoms with Crippen LogP contribution < -0.4 is 11.1 Å². The van der Waals surface area contributed by atoms with E-state index in [0.717, 1.165) is 29.8 Å². The molecule has 2 aromatic rings. The lowest BCUT2D eigenvalue weighted by atomic mass is 9.98. The average molecular weight is 338 g/mol. The zero-order valence-corrected chi connectivity index (χ0v) is 12.8. The first-order valence-electron chi connectivity index (χ1n) is 7.62. The van der Waals surface area contributed by atoms with Gasteiger partial charge >= 0.3 is 6.18 Å². The first kappa shape index (κ1) is 16.5. The molecule has 0 atom stereocenters. The molecule has 0 spiro atoms. The largest absolute Gasteiger partial charge is 0.433 e. The van der Waals surface area contributed by atoms with Crippen LogP contribution in [0.2, 0.25) is 0 Å². The summed E-state index contributed by atoms with van der Waals surface area (Å²) < 4.78 is 39.5. The fourth-order valence-electron chi connectivity index (χ4n) is 2.90. The number of nitrogens with zero attached hydrogens (tertiary/aromatic N) is 2. The van der Waals surface area contributed by atoms with Crippen molar-refractivity contribution in [3.05, 3.63) is 42.2 Å². The molecule has 0 saturated heterocycles.